The summed E-state index contributed by atoms with van der Waals surface area (Å²) in [5, 5.41) is 0. The van der Waals surface area contributed by atoms with Crippen molar-refractivity contribution < 1.29 is 27.6 Å². The predicted molar refractivity (Wildman–Crippen MR) is 83.1 cm³/mol. The van der Waals surface area contributed by atoms with Crippen LogP contribution in [0.4, 0.5) is 0 Å². The van der Waals surface area contributed by atoms with Crippen LogP contribution in [-0.2, 0) is 27.6 Å². The molecule has 7 heteroatoms. The summed E-state index contributed by atoms with van der Waals surface area (Å²) in [7, 11) is -2.88. The molecule has 2 atom stereocenters. The van der Waals surface area contributed by atoms with E-state index < -0.39 is 26.7 Å². The molecule has 0 aromatic carbocycles. The summed E-state index contributed by atoms with van der Waals surface area (Å²) in [4.78, 5) is 23.1. The summed E-state index contributed by atoms with van der Waals surface area (Å²) in [5.41, 5.74) is 0.000741. The molecule has 1 rings (SSSR count). The van der Waals surface area contributed by atoms with Crippen LogP contribution in [-0.4, -0.2) is 40.6 Å². The van der Waals surface area contributed by atoms with Gasteiger partial charge in [0, 0.05) is 25.4 Å². The number of ether oxygens (including phenoxy) is 1. The van der Waals surface area contributed by atoms with Gasteiger partial charge in [0.05, 0.1) is 12.3 Å². The van der Waals surface area contributed by atoms with Gasteiger partial charge in [-0.25, -0.2) is 0 Å². The molecule has 0 aromatic rings. The van der Waals surface area contributed by atoms with Crippen LogP contribution in [0, 0.1) is 5.92 Å². The van der Waals surface area contributed by atoms with Crippen LogP contribution < -0.4 is 0 Å². The van der Waals surface area contributed by atoms with Crippen molar-refractivity contribution in [2.75, 3.05) is 19.8 Å². The van der Waals surface area contributed by atoms with Gasteiger partial charge < -0.3 is 18.0 Å². The third-order valence-electron chi connectivity index (χ3n) is 3.70. The van der Waals surface area contributed by atoms with Crippen LogP contribution >= 0.6 is 0 Å². The van der Waals surface area contributed by atoms with Crippen LogP contribution in [0.25, 0.3) is 0 Å². The Bertz CT molecular complexity index is 356. The van der Waals surface area contributed by atoms with Gasteiger partial charge in [0.25, 0.3) is 0 Å². The third kappa shape index (κ3) is 4.87. The second-order valence-electron chi connectivity index (χ2n) is 5.32. The smallest absolute Gasteiger partial charge is 0.393 e. The molecule has 0 radical (unpaired) electrons. The van der Waals surface area contributed by atoms with E-state index in [2.05, 4.69) is 11.7 Å². The fraction of sp³-hybridized carbons (Fsp3) is 0.867. The summed E-state index contributed by atoms with van der Waals surface area (Å²) >= 11 is 0. The van der Waals surface area contributed by atoms with Crippen molar-refractivity contribution in [3.63, 3.8) is 0 Å². The summed E-state index contributed by atoms with van der Waals surface area (Å²) in [6.07, 6.45) is 2.44. The van der Waals surface area contributed by atoms with Crippen molar-refractivity contribution in [1.29, 1.82) is 0 Å². The van der Waals surface area contributed by atoms with Crippen LogP contribution in [0.2, 0.25) is 5.54 Å². The highest BCUT2D eigenvalue weighted by atomic mass is 28.4. The van der Waals surface area contributed by atoms with Gasteiger partial charge in [0.2, 0.25) is 0 Å². The number of hydrogen-bond donors (Lipinski definition) is 0. The van der Waals surface area contributed by atoms with E-state index in [0.29, 0.717) is 26.2 Å². The number of carbonyl (C=O) groups is 2. The van der Waals surface area contributed by atoms with E-state index in [1.54, 1.807) is 0 Å². The Morgan fingerprint density at radius 2 is 1.64 bits per heavy atom. The van der Waals surface area contributed by atoms with E-state index in [1.165, 1.54) is 0 Å². The highest BCUT2D eigenvalue weighted by molar-refractivity contribution is 6.62. The predicted octanol–water partition coefficient (Wildman–Crippen LogP) is 2.68. The maximum atomic E-state index is 11.8. The lowest BCUT2D eigenvalue weighted by molar-refractivity contribution is -0.153. The Labute approximate surface area is 133 Å². The SMILES string of the molecule is CCCC(CC1CC(=O)OC1=O)[Si](OCC)(OCC)OCC. The van der Waals surface area contributed by atoms with Gasteiger partial charge >= 0.3 is 20.7 Å². The fourth-order valence-corrected chi connectivity index (χ4v) is 6.29. The molecule has 0 bridgehead atoms. The maximum Gasteiger partial charge on any atom is 0.504 e. The molecule has 0 spiro atoms. The molecule has 1 heterocycles. The van der Waals surface area contributed by atoms with E-state index in [1.807, 2.05) is 20.8 Å². The fourth-order valence-electron chi connectivity index (χ4n) is 2.91. The zero-order chi connectivity index (χ0) is 16.6. The minimum absolute atomic E-state index is 0.000741. The molecular formula is C15H28O6Si. The van der Waals surface area contributed by atoms with Crippen molar-refractivity contribution in [3.8, 4) is 0 Å². The van der Waals surface area contributed by atoms with Crippen molar-refractivity contribution in [2.24, 2.45) is 5.92 Å². The highest BCUT2D eigenvalue weighted by Crippen LogP contribution is 2.38. The van der Waals surface area contributed by atoms with E-state index in [4.69, 9.17) is 13.3 Å². The number of esters is 2. The average Bonchev–Trinajstić information content (AvgIpc) is 2.77. The van der Waals surface area contributed by atoms with Gasteiger partial charge in [0.15, 0.2) is 0 Å². The molecule has 2 unspecified atom stereocenters. The van der Waals surface area contributed by atoms with E-state index in [-0.39, 0.29) is 12.0 Å². The molecular weight excluding hydrogens is 304 g/mol. The molecule has 22 heavy (non-hydrogen) atoms. The summed E-state index contributed by atoms with van der Waals surface area (Å²) in [6.45, 7) is 9.32. The van der Waals surface area contributed by atoms with Gasteiger partial charge in [-0.15, -0.1) is 0 Å². The normalized spacial score (nSPS) is 20.3. The molecule has 128 valence electrons. The van der Waals surface area contributed by atoms with Gasteiger partial charge in [-0.1, -0.05) is 13.3 Å². The largest absolute Gasteiger partial charge is 0.504 e. The maximum absolute atomic E-state index is 11.8. The van der Waals surface area contributed by atoms with Crippen LogP contribution in [0.5, 0.6) is 0 Å². The first-order valence-electron chi connectivity index (χ1n) is 8.19. The van der Waals surface area contributed by atoms with Crippen LogP contribution in [0.15, 0.2) is 0 Å². The third-order valence-corrected chi connectivity index (χ3v) is 7.30. The molecule has 0 saturated carbocycles. The van der Waals surface area contributed by atoms with E-state index >= 15 is 0 Å². The van der Waals surface area contributed by atoms with Crippen molar-refractivity contribution in [3.05, 3.63) is 0 Å². The zero-order valence-electron chi connectivity index (χ0n) is 14.1. The van der Waals surface area contributed by atoms with Crippen molar-refractivity contribution in [1.82, 2.24) is 0 Å². The lowest BCUT2D eigenvalue weighted by atomic mass is 9.99. The Hall–Kier alpha value is -0.763. The molecule has 1 aliphatic heterocycles. The number of hydrogen-bond acceptors (Lipinski definition) is 6. The molecule has 1 aliphatic rings. The van der Waals surface area contributed by atoms with Crippen LogP contribution in [0.1, 0.15) is 53.4 Å². The summed E-state index contributed by atoms with van der Waals surface area (Å²) in [6, 6.07) is 0. The van der Waals surface area contributed by atoms with Gasteiger partial charge in [-0.05, 0) is 33.6 Å². The van der Waals surface area contributed by atoms with Crippen molar-refractivity contribution in [2.45, 2.75) is 58.9 Å². The van der Waals surface area contributed by atoms with Gasteiger partial charge in [-0.3, -0.25) is 9.59 Å². The molecule has 0 amide bonds. The number of rotatable bonds is 11. The Kier molecular flexibility index (Phi) is 8.23. The lowest BCUT2D eigenvalue weighted by Crippen LogP contribution is -2.51. The standard InChI is InChI=1S/C15H28O6Si/c1-5-9-13(10-12-11-14(16)21-15(12)17)22(18-6-2,19-7-3)20-8-4/h12-13H,5-11H2,1-4H3. The topological polar surface area (TPSA) is 71.1 Å². The average molecular weight is 332 g/mol. The summed E-state index contributed by atoms with van der Waals surface area (Å²) in [5.74, 6) is -1.28. The molecule has 0 aliphatic carbocycles. The molecule has 1 saturated heterocycles. The molecule has 0 N–H and O–H groups in total. The van der Waals surface area contributed by atoms with Crippen molar-refractivity contribution >= 4 is 20.7 Å². The van der Waals surface area contributed by atoms with Gasteiger partial charge in [0.1, 0.15) is 0 Å². The lowest BCUT2D eigenvalue weighted by Gasteiger charge is -2.35. The zero-order valence-corrected chi connectivity index (χ0v) is 15.1. The first-order chi connectivity index (χ1) is 10.5. The quantitative estimate of drug-likeness (QED) is 0.329. The minimum Gasteiger partial charge on any atom is -0.393 e. The first-order valence-corrected chi connectivity index (χ1v) is 9.99. The molecule has 1 fully saturated rings. The second kappa shape index (κ2) is 9.39. The molecule has 6 nitrogen and oxygen atoms in total. The van der Waals surface area contributed by atoms with E-state index in [0.717, 1.165) is 12.8 Å². The van der Waals surface area contributed by atoms with E-state index in [9.17, 15) is 9.59 Å². The minimum atomic E-state index is -2.88. The number of carbonyl (C=O) groups excluding carboxylic acids is 2. The monoisotopic (exact) mass is 332 g/mol. The molecule has 0 aromatic heterocycles. The number of cyclic esters (lactones) is 2. The first kappa shape index (κ1) is 19.3. The Morgan fingerprint density at radius 3 is 2.00 bits per heavy atom. The van der Waals surface area contributed by atoms with Crippen LogP contribution in [0.3, 0.4) is 0 Å². The summed E-state index contributed by atoms with van der Waals surface area (Å²) < 4.78 is 22.5. The Morgan fingerprint density at radius 1 is 1.09 bits per heavy atom. The highest BCUT2D eigenvalue weighted by Gasteiger charge is 2.51. The van der Waals surface area contributed by atoms with Gasteiger partial charge in [-0.2, -0.15) is 0 Å². The Balaban J connectivity index is 2.95. The second-order valence-corrected chi connectivity index (χ2v) is 8.21.